The highest BCUT2D eigenvalue weighted by Gasteiger charge is 2.12. The van der Waals surface area contributed by atoms with Gasteiger partial charge in [-0.25, -0.2) is 4.98 Å². The number of rotatable bonds is 5. The summed E-state index contributed by atoms with van der Waals surface area (Å²) in [4.78, 5) is 6.01. The summed E-state index contributed by atoms with van der Waals surface area (Å²) < 4.78 is 2.27. The van der Waals surface area contributed by atoms with E-state index in [-0.39, 0.29) is 0 Å². The molecule has 0 bridgehead atoms. The van der Waals surface area contributed by atoms with Gasteiger partial charge in [-0.3, -0.25) is 0 Å². The van der Waals surface area contributed by atoms with Crippen LogP contribution < -0.4 is 0 Å². The highest BCUT2D eigenvalue weighted by Crippen LogP contribution is 2.28. The lowest BCUT2D eigenvalue weighted by Gasteiger charge is -2.10. The molecule has 0 N–H and O–H groups in total. The van der Waals surface area contributed by atoms with Crippen molar-refractivity contribution in [3.63, 3.8) is 0 Å². The molecule has 2 nitrogen and oxygen atoms in total. The standard InChI is InChI=1S/C21H16Cl2N2S/c22-16-6-9-18(10-7-16)26-14-21-24-19-12-17(23)8-11-20(19)25(21)13-15-4-2-1-3-5-15/h1-12H,13-14H2. The molecule has 26 heavy (non-hydrogen) atoms. The molecule has 4 aromatic rings. The highest BCUT2D eigenvalue weighted by molar-refractivity contribution is 7.98. The van der Waals surface area contributed by atoms with Gasteiger partial charge in [0.05, 0.1) is 16.8 Å². The van der Waals surface area contributed by atoms with Gasteiger partial charge in [0.2, 0.25) is 0 Å². The molecule has 0 amide bonds. The van der Waals surface area contributed by atoms with Crippen molar-refractivity contribution in [2.75, 3.05) is 0 Å². The van der Waals surface area contributed by atoms with Gasteiger partial charge < -0.3 is 4.57 Å². The van der Waals surface area contributed by atoms with E-state index in [9.17, 15) is 0 Å². The molecule has 0 aliphatic carbocycles. The number of halogens is 2. The summed E-state index contributed by atoms with van der Waals surface area (Å²) >= 11 is 13.9. The van der Waals surface area contributed by atoms with Gasteiger partial charge in [-0.1, -0.05) is 53.5 Å². The smallest absolute Gasteiger partial charge is 0.120 e. The van der Waals surface area contributed by atoms with Crippen molar-refractivity contribution in [1.29, 1.82) is 0 Å². The van der Waals surface area contributed by atoms with Crippen molar-refractivity contribution in [1.82, 2.24) is 9.55 Å². The summed E-state index contributed by atoms with van der Waals surface area (Å²) in [6.07, 6.45) is 0. The molecule has 4 rings (SSSR count). The van der Waals surface area contributed by atoms with E-state index in [1.54, 1.807) is 11.8 Å². The summed E-state index contributed by atoms with van der Waals surface area (Å²) in [5.74, 6) is 1.81. The molecule has 0 saturated heterocycles. The second-order valence-electron chi connectivity index (χ2n) is 5.98. The maximum Gasteiger partial charge on any atom is 0.120 e. The molecule has 5 heteroatoms. The van der Waals surface area contributed by atoms with E-state index in [0.717, 1.165) is 34.2 Å². The summed E-state index contributed by atoms with van der Waals surface area (Å²) in [6, 6.07) is 24.2. The molecule has 1 heterocycles. The maximum absolute atomic E-state index is 6.16. The normalized spacial score (nSPS) is 11.2. The minimum atomic E-state index is 0.707. The van der Waals surface area contributed by atoms with Crippen LogP contribution in [-0.4, -0.2) is 9.55 Å². The summed E-state index contributed by atoms with van der Waals surface area (Å²) in [7, 11) is 0. The van der Waals surface area contributed by atoms with E-state index in [0.29, 0.717) is 5.02 Å². The zero-order valence-corrected chi connectivity index (χ0v) is 16.2. The van der Waals surface area contributed by atoms with Gasteiger partial charge in [0.25, 0.3) is 0 Å². The molecule has 0 atom stereocenters. The van der Waals surface area contributed by atoms with Gasteiger partial charge in [-0.2, -0.15) is 0 Å². The van der Waals surface area contributed by atoms with Crippen LogP contribution in [0.1, 0.15) is 11.4 Å². The summed E-state index contributed by atoms with van der Waals surface area (Å²) in [5, 5.41) is 1.46. The zero-order chi connectivity index (χ0) is 17.9. The van der Waals surface area contributed by atoms with Crippen molar-refractivity contribution in [2.24, 2.45) is 0 Å². The second-order valence-corrected chi connectivity index (χ2v) is 7.90. The van der Waals surface area contributed by atoms with Crippen molar-refractivity contribution in [3.05, 3.63) is 94.2 Å². The van der Waals surface area contributed by atoms with E-state index in [2.05, 4.69) is 28.8 Å². The topological polar surface area (TPSA) is 17.8 Å². The Morgan fingerprint density at radius 2 is 1.58 bits per heavy atom. The fourth-order valence-corrected chi connectivity index (χ4v) is 4.02. The Kier molecular flexibility index (Phi) is 5.21. The Balaban J connectivity index is 1.67. The predicted molar refractivity (Wildman–Crippen MR) is 111 cm³/mol. The number of fused-ring (bicyclic) bond motifs is 1. The molecule has 0 fully saturated rings. The summed E-state index contributed by atoms with van der Waals surface area (Å²) in [5.41, 5.74) is 3.28. The molecule has 1 aromatic heterocycles. The van der Waals surface area contributed by atoms with E-state index in [1.807, 2.05) is 48.5 Å². The maximum atomic E-state index is 6.16. The third-order valence-corrected chi connectivity index (χ3v) is 5.65. The van der Waals surface area contributed by atoms with Gasteiger partial charge in [0.15, 0.2) is 0 Å². The zero-order valence-electron chi connectivity index (χ0n) is 13.9. The first-order chi connectivity index (χ1) is 12.7. The fourth-order valence-electron chi connectivity index (χ4n) is 2.88. The molecule has 0 saturated carbocycles. The largest absolute Gasteiger partial charge is 0.323 e. The van der Waals surface area contributed by atoms with Crippen LogP contribution in [0.15, 0.2) is 77.7 Å². The monoisotopic (exact) mass is 398 g/mol. The Bertz CT molecular complexity index is 1030. The van der Waals surface area contributed by atoms with Crippen molar-refractivity contribution >= 4 is 46.0 Å². The number of hydrogen-bond acceptors (Lipinski definition) is 2. The molecule has 0 radical (unpaired) electrons. The third kappa shape index (κ3) is 3.90. The Hall–Kier alpha value is -1.94. The minimum Gasteiger partial charge on any atom is -0.323 e. The number of benzene rings is 3. The molecule has 0 unspecified atom stereocenters. The van der Waals surface area contributed by atoms with Crippen LogP contribution in [-0.2, 0) is 12.3 Å². The van der Waals surface area contributed by atoms with Gasteiger partial charge in [-0.05, 0) is 48.0 Å². The van der Waals surface area contributed by atoms with Gasteiger partial charge in [0, 0.05) is 21.5 Å². The molecular weight excluding hydrogens is 383 g/mol. The van der Waals surface area contributed by atoms with Crippen LogP contribution in [0.3, 0.4) is 0 Å². The molecule has 0 aliphatic heterocycles. The first-order valence-electron chi connectivity index (χ1n) is 8.26. The third-order valence-electron chi connectivity index (χ3n) is 4.15. The van der Waals surface area contributed by atoms with Crippen LogP contribution in [0.4, 0.5) is 0 Å². The predicted octanol–water partition coefficient (Wildman–Crippen LogP) is 6.68. The lowest BCUT2D eigenvalue weighted by atomic mass is 10.2. The molecular formula is C21H16Cl2N2S. The van der Waals surface area contributed by atoms with E-state index < -0.39 is 0 Å². The average Bonchev–Trinajstić information content (AvgIpc) is 2.98. The van der Waals surface area contributed by atoms with Crippen molar-refractivity contribution in [2.45, 2.75) is 17.2 Å². The number of thioether (sulfide) groups is 1. The molecule has 0 aliphatic rings. The summed E-state index contributed by atoms with van der Waals surface area (Å²) in [6.45, 7) is 0.787. The molecule has 0 spiro atoms. The van der Waals surface area contributed by atoms with Gasteiger partial charge >= 0.3 is 0 Å². The van der Waals surface area contributed by atoms with Crippen LogP contribution in [0, 0.1) is 0 Å². The van der Waals surface area contributed by atoms with Crippen LogP contribution in [0.5, 0.6) is 0 Å². The van der Waals surface area contributed by atoms with Crippen LogP contribution >= 0.6 is 35.0 Å². The Morgan fingerprint density at radius 1 is 0.846 bits per heavy atom. The number of nitrogens with zero attached hydrogens (tertiary/aromatic N) is 2. The van der Waals surface area contributed by atoms with E-state index in [1.165, 1.54) is 10.5 Å². The van der Waals surface area contributed by atoms with Crippen molar-refractivity contribution < 1.29 is 0 Å². The number of hydrogen-bond donors (Lipinski definition) is 0. The van der Waals surface area contributed by atoms with Crippen LogP contribution in [0.2, 0.25) is 10.0 Å². The van der Waals surface area contributed by atoms with Crippen LogP contribution in [0.25, 0.3) is 11.0 Å². The van der Waals surface area contributed by atoms with Gasteiger partial charge in [-0.15, -0.1) is 11.8 Å². The number of aromatic nitrogens is 2. The lowest BCUT2D eigenvalue weighted by Crippen LogP contribution is -2.04. The first kappa shape index (κ1) is 17.5. The second kappa shape index (κ2) is 7.75. The van der Waals surface area contributed by atoms with E-state index >= 15 is 0 Å². The highest BCUT2D eigenvalue weighted by atomic mass is 35.5. The first-order valence-corrected chi connectivity index (χ1v) is 10.0. The average molecular weight is 399 g/mol. The Labute approximate surface area is 166 Å². The SMILES string of the molecule is Clc1ccc(SCc2nc3cc(Cl)ccc3n2Cc2ccccc2)cc1. The lowest BCUT2D eigenvalue weighted by molar-refractivity contribution is 0.780. The van der Waals surface area contributed by atoms with Gasteiger partial charge in [0.1, 0.15) is 5.82 Å². The quantitative estimate of drug-likeness (QED) is 0.348. The Morgan fingerprint density at radius 3 is 2.35 bits per heavy atom. The van der Waals surface area contributed by atoms with Crippen molar-refractivity contribution in [3.8, 4) is 0 Å². The van der Waals surface area contributed by atoms with E-state index in [4.69, 9.17) is 28.2 Å². The molecule has 130 valence electrons. The molecule has 3 aromatic carbocycles. The minimum absolute atomic E-state index is 0.707. The fraction of sp³-hybridized carbons (Fsp3) is 0.0952. The number of imidazole rings is 1.